The first kappa shape index (κ1) is 17.0. The molecular weight excluding hydrogens is 309 g/mol. The van der Waals surface area contributed by atoms with Crippen LogP contribution >= 0.6 is 11.6 Å². The zero-order valence-electron chi connectivity index (χ0n) is 12.5. The first-order chi connectivity index (χ1) is 10.5. The van der Waals surface area contributed by atoms with Crippen molar-refractivity contribution in [3.05, 3.63) is 29.0 Å². The van der Waals surface area contributed by atoms with Gasteiger partial charge in [0.15, 0.2) is 6.10 Å². The van der Waals surface area contributed by atoms with Gasteiger partial charge in [0.2, 0.25) is 0 Å². The van der Waals surface area contributed by atoms with Crippen LogP contribution in [-0.4, -0.2) is 29.8 Å². The number of amides is 1. The summed E-state index contributed by atoms with van der Waals surface area (Å²) in [4.78, 5) is 12.0. The largest absolute Gasteiger partial charge is 0.479 e. The molecule has 1 fully saturated rings. The molecule has 0 spiro atoms. The molecule has 3 atom stereocenters. The zero-order valence-corrected chi connectivity index (χ0v) is 13.3. The van der Waals surface area contributed by atoms with Gasteiger partial charge in [-0.3, -0.25) is 4.79 Å². The molecule has 0 heterocycles. The highest BCUT2D eigenvalue weighted by molar-refractivity contribution is 6.32. The highest BCUT2D eigenvalue weighted by Gasteiger charge is 2.22. The Morgan fingerprint density at radius 2 is 2.32 bits per heavy atom. The van der Waals surface area contributed by atoms with E-state index in [9.17, 15) is 14.3 Å². The average Bonchev–Trinajstić information content (AvgIpc) is 2.47. The summed E-state index contributed by atoms with van der Waals surface area (Å²) in [6.07, 6.45) is 2.57. The number of rotatable bonds is 5. The molecule has 1 aromatic rings. The van der Waals surface area contributed by atoms with E-state index in [-0.39, 0.29) is 22.8 Å². The second-order valence-corrected chi connectivity index (χ2v) is 6.17. The lowest BCUT2D eigenvalue weighted by atomic mass is 9.87. The van der Waals surface area contributed by atoms with Crippen LogP contribution in [0.3, 0.4) is 0 Å². The smallest absolute Gasteiger partial charge is 0.260 e. The van der Waals surface area contributed by atoms with Gasteiger partial charge in [0.25, 0.3) is 5.91 Å². The molecule has 2 rings (SSSR count). The molecule has 4 nitrogen and oxygen atoms in total. The van der Waals surface area contributed by atoms with Gasteiger partial charge in [0.1, 0.15) is 11.6 Å². The number of nitrogens with one attached hydrogen (secondary N) is 1. The molecule has 0 bridgehead atoms. The predicted molar refractivity (Wildman–Crippen MR) is 82.5 cm³/mol. The van der Waals surface area contributed by atoms with Gasteiger partial charge in [-0.1, -0.05) is 18.0 Å². The average molecular weight is 330 g/mol. The summed E-state index contributed by atoms with van der Waals surface area (Å²) in [6, 6.07) is 3.78. The summed E-state index contributed by atoms with van der Waals surface area (Å²) in [5.41, 5.74) is 0. The molecule has 1 amide bonds. The van der Waals surface area contributed by atoms with Crippen LogP contribution in [0.15, 0.2) is 18.2 Å². The maximum Gasteiger partial charge on any atom is 0.260 e. The molecule has 1 aromatic carbocycles. The van der Waals surface area contributed by atoms with Crippen LogP contribution in [0.4, 0.5) is 4.39 Å². The third-order valence-corrected chi connectivity index (χ3v) is 4.18. The van der Waals surface area contributed by atoms with Crippen molar-refractivity contribution in [1.82, 2.24) is 5.32 Å². The van der Waals surface area contributed by atoms with Gasteiger partial charge < -0.3 is 15.2 Å². The third-order valence-electron chi connectivity index (χ3n) is 3.89. The number of ether oxygens (including phenoxy) is 1. The van der Waals surface area contributed by atoms with E-state index in [1.165, 1.54) is 12.1 Å². The molecule has 0 radical (unpaired) electrons. The van der Waals surface area contributed by atoms with Gasteiger partial charge in [-0.25, -0.2) is 4.39 Å². The number of halogens is 2. The molecule has 0 aromatic heterocycles. The maximum atomic E-state index is 13.0. The summed E-state index contributed by atoms with van der Waals surface area (Å²) >= 11 is 5.87. The Labute approximate surface area is 134 Å². The molecule has 2 N–H and O–H groups in total. The molecule has 122 valence electrons. The van der Waals surface area contributed by atoms with E-state index in [0.29, 0.717) is 12.5 Å². The van der Waals surface area contributed by atoms with E-state index in [0.717, 1.165) is 31.7 Å². The third kappa shape index (κ3) is 4.85. The lowest BCUT2D eigenvalue weighted by Gasteiger charge is -2.26. The van der Waals surface area contributed by atoms with Crippen molar-refractivity contribution in [3.63, 3.8) is 0 Å². The first-order valence-electron chi connectivity index (χ1n) is 7.53. The fourth-order valence-corrected chi connectivity index (χ4v) is 2.86. The lowest BCUT2D eigenvalue weighted by molar-refractivity contribution is -0.127. The Balaban J connectivity index is 1.81. The first-order valence-corrected chi connectivity index (χ1v) is 7.91. The quantitative estimate of drug-likeness (QED) is 0.873. The van der Waals surface area contributed by atoms with Crippen molar-refractivity contribution in [1.29, 1.82) is 0 Å². The van der Waals surface area contributed by atoms with Crippen LogP contribution in [0.1, 0.15) is 32.6 Å². The van der Waals surface area contributed by atoms with E-state index in [1.54, 1.807) is 6.92 Å². The Kier molecular flexibility index (Phi) is 6.03. The molecule has 1 saturated carbocycles. The molecule has 1 aliphatic carbocycles. The number of carbonyl (C=O) groups excluding carboxylic acids is 1. The van der Waals surface area contributed by atoms with E-state index in [4.69, 9.17) is 16.3 Å². The number of hydrogen-bond donors (Lipinski definition) is 2. The highest BCUT2D eigenvalue weighted by atomic mass is 35.5. The summed E-state index contributed by atoms with van der Waals surface area (Å²) < 4.78 is 18.4. The van der Waals surface area contributed by atoms with Crippen LogP contribution < -0.4 is 10.1 Å². The van der Waals surface area contributed by atoms with Crippen molar-refractivity contribution < 1.29 is 19.0 Å². The highest BCUT2D eigenvalue weighted by Crippen LogP contribution is 2.26. The molecule has 1 aliphatic rings. The minimum Gasteiger partial charge on any atom is -0.479 e. The Bertz CT molecular complexity index is 526. The van der Waals surface area contributed by atoms with Gasteiger partial charge in [-0.2, -0.15) is 0 Å². The molecule has 0 aliphatic heterocycles. The number of aliphatic hydroxyl groups is 1. The number of aliphatic hydroxyl groups excluding tert-OH is 1. The van der Waals surface area contributed by atoms with Crippen LogP contribution in [0, 0.1) is 11.7 Å². The lowest BCUT2D eigenvalue weighted by Crippen LogP contribution is -2.40. The van der Waals surface area contributed by atoms with Crippen molar-refractivity contribution in [3.8, 4) is 5.75 Å². The van der Waals surface area contributed by atoms with Crippen molar-refractivity contribution in [2.24, 2.45) is 5.92 Å². The monoisotopic (exact) mass is 329 g/mol. The normalized spacial score (nSPS) is 22.9. The minimum absolute atomic E-state index is 0.134. The van der Waals surface area contributed by atoms with Gasteiger partial charge in [0, 0.05) is 6.54 Å². The standard InChI is InChI=1S/C16H21ClFNO3/c1-10(22-15-6-5-12(18)8-14(15)17)16(21)19-9-11-3-2-4-13(20)7-11/h5-6,8,10-11,13,20H,2-4,7,9H2,1H3,(H,19,21). The molecule has 0 saturated heterocycles. The summed E-state index contributed by atoms with van der Waals surface area (Å²) in [7, 11) is 0. The molecule has 3 unspecified atom stereocenters. The van der Waals surface area contributed by atoms with Crippen LogP contribution in [0.2, 0.25) is 5.02 Å². The van der Waals surface area contributed by atoms with E-state index in [1.807, 2.05) is 0 Å². The van der Waals surface area contributed by atoms with Crippen molar-refractivity contribution in [2.75, 3.05) is 6.54 Å². The SMILES string of the molecule is CC(Oc1ccc(F)cc1Cl)C(=O)NCC1CCCC(O)C1. The van der Waals surface area contributed by atoms with Gasteiger partial charge in [-0.05, 0) is 50.3 Å². The molecular formula is C16H21ClFNO3. The van der Waals surface area contributed by atoms with Crippen LogP contribution in [-0.2, 0) is 4.79 Å². The van der Waals surface area contributed by atoms with Gasteiger partial charge in [-0.15, -0.1) is 0 Å². The Hall–Kier alpha value is -1.33. The van der Waals surface area contributed by atoms with Crippen LogP contribution in [0.25, 0.3) is 0 Å². The van der Waals surface area contributed by atoms with Gasteiger partial charge in [0.05, 0.1) is 11.1 Å². The predicted octanol–water partition coefficient (Wildman–Crippen LogP) is 2.91. The minimum atomic E-state index is -0.725. The molecule has 6 heteroatoms. The summed E-state index contributed by atoms with van der Waals surface area (Å²) in [6.45, 7) is 2.14. The second kappa shape index (κ2) is 7.79. The van der Waals surface area contributed by atoms with Gasteiger partial charge >= 0.3 is 0 Å². The summed E-state index contributed by atoms with van der Waals surface area (Å²) in [5, 5.41) is 12.6. The number of hydrogen-bond acceptors (Lipinski definition) is 3. The fourth-order valence-electron chi connectivity index (χ4n) is 2.65. The summed E-state index contributed by atoms with van der Waals surface area (Å²) in [5.74, 6) is -0.126. The fraction of sp³-hybridized carbons (Fsp3) is 0.562. The second-order valence-electron chi connectivity index (χ2n) is 5.77. The van der Waals surface area contributed by atoms with Crippen molar-refractivity contribution in [2.45, 2.75) is 44.8 Å². The van der Waals surface area contributed by atoms with E-state index >= 15 is 0 Å². The molecule has 22 heavy (non-hydrogen) atoms. The number of benzene rings is 1. The van der Waals surface area contributed by atoms with E-state index < -0.39 is 11.9 Å². The maximum absolute atomic E-state index is 13.0. The van der Waals surface area contributed by atoms with Crippen molar-refractivity contribution >= 4 is 17.5 Å². The Morgan fingerprint density at radius 3 is 3.00 bits per heavy atom. The number of carbonyl (C=O) groups is 1. The van der Waals surface area contributed by atoms with E-state index in [2.05, 4.69) is 5.32 Å². The van der Waals surface area contributed by atoms with Crippen LogP contribution in [0.5, 0.6) is 5.75 Å². The Morgan fingerprint density at radius 1 is 1.55 bits per heavy atom. The zero-order chi connectivity index (χ0) is 16.1. The topological polar surface area (TPSA) is 58.6 Å².